The summed E-state index contributed by atoms with van der Waals surface area (Å²) in [4.78, 5) is 25.7. The molecule has 1 heterocycles. The van der Waals surface area contributed by atoms with Crippen molar-refractivity contribution in [3.05, 3.63) is 52.5 Å². The molecule has 0 fully saturated rings. The lowest BCUT2D eigenvalue weighted by Gasteiger charge is -2.15. The van der Waals surface area contributed by atoms with Crippen LogP contribution in [0.2, 0.25) is 5.02 Å². The minimum absolute atomic E-state index is 0.243. The molecule has 5 nitrogen and oxygen atoms in total. The molecule has 2 aromatic rings. The summed E-state index contributed by atoms with van der Waals surface area (Å²) in [6.07, 6.45) is 0. The number of amides is 2. The van der Waals surface area contributed by atoms with Crippen LogP contribution in [0.25, 0.3) is 0 Å². The Kier molecular flexibility index (Phi) is 2.65. The fourth-order valence-corrected chi connectivity index (χ4v) is 2.46. The molecule has 4 N–H and O–H groups in total. The second-order valence-electron chi connectivity index (χ2n) is 4.46. The summed E-state index contributed by atoms with van der Waals surface area (Å²) in [6.45, 7) is 0. The van der Waals surface area contributed by atoms with Gasteiger partial charge >= 0.3 is 0 Å². The largest absolute Gasteiger partial charge is 0.399 e. The standard InChI is InChI=1S/C14H10ClN3O2/c15-11-6-8(17)2-4-12(11)18-13(19)9-3-1-7(16)5-10(9)14(18)20/h1-6H,16-17H2. The highest BCUT2D eigenvalue weighted by molar-refractivity contribution is 6.40. The first-order valence-corrected chi connectivity index (χ1v) is 6.20. The molecule has 0 saturated heterocycles. The van der Waals surface area contributed by atoms with Gasteiger partial charge in [-0.2, -0.15) is 0 Å². The molecule has 0 aromatic heterocycles. The number of nitrogen functional groups attached to an aromatic ring is 2. The zero-order chi connectivity index (χ0) is 14.4. The van der Waals surface area contributed by atoms with Crippen LogP contribution in [-0.4, -0.2) is 11.8 Å². The quantitative estimate of drug-likeness (QED) is 0.622. The van der Waals surface area contributed by atoms with Crippen LogP contribution in [0.4, 0.5) is 17.1 Å². The Morgan fingerprint density at radius 2 is 1.45 bits per heavy atom. The molecule has 2 aromatic carbocycles. The Balaban J connectivity index is 2.14. The van der Waals surface area contributed by atoms with E-state index in [0.717, 1.165) is 4.90 Å². The second-order valence-corrected chi connectivity index (χ2v) is 4.87. The van der Waals surface area contributed by atoms with E-state index >= 15 is 0 Å². The van der Waals surface area contributed by atoms with E-state index in [0.29, 0.717) is 22.6 Å². The average molecular weight is 288 g/mol. The van der Waals surface area contributed by atoms with Gasteiger partial charge in [-0.1, -0.05) is 11.6 Å². The van der Waals surface area contributed by atoms with Crippen molar-refractivity contribution in [1.82, 2.24) is 0 Å². The fraction of sp³-hybridized carbons (Fsp3) is 0. The number of nitrogens with two attached hydrogens (primary N) is 2. The van der Waals surface area contributed by atoms with Gasteiger partial charge in [-0.05, 0) is 36.4 Å². The summed E-state index contributed by atoms with van der Waals surface area (Å²) in [5, 5.41) is 0.243. The van der Waals surface area contributed by atoms with Gasteiger partial charge in [0.25, 0.3) is 11.8 Å². The van der Waals surface area contributed by atoms with Crippen LogP contribution in [0.5, 0.6) is 0 Å². The lowest BCUT2D eigenvalue weighted by atomic mass is 10.1. The second kappa shape index (κ2) is 4.25. The van der Waals surface area contributed by atoms with Crippen LogP contribution in [0, 0.1) is 0 Å². The number of hydrogen-bond acceptors (Lipinski definition) is 4. The number of hydrogen-bond donors (Lipinski definition) is 2. The van der Waals surface area contributed by atoms with E-state index in [1.165, 1.54) is 18.2 Å². The summed E-state index contributed by atoms with van der Waals surface area (Å²) in [5.41, 5.74) is 13.0. The van der Waals surface area contributed by atoms with E-state index in [4.69, 9.17) is 23.1 Å². The molecule has 1 aliphatic rings. The van der Waals surface area contributed by atoms with Crippen molar-refractivity contribution in [3.63, 3.8) is 0 Å². The summed E-state index contributed by atoms with van der Waals surface area (Å²) in [6, 6.07) is 9.23. The average Bonchev–Trinajstić information content (AvgIpc) is 2.63. The number of nitrogens with zero attached hydrogens (tertiary/aromatic N) is 1. The van der Waals surface area contributed by atoms with Gasteiger partial charge in [-0.3, -0.25) is 9.59 Å². The van der Waals surface area contributed by atoms with Gasteiger partial charge in [0.15, 0.2) is 0 Å². The molecule has 20 heavy (non-hydrogen) atoms. The number of imide groups is 1. The summed E-state index contributed by atoms with van der Waals surface area (Å²) in [7, 11) is 0. The molecule has 0 radical (unpaired) electrons. The lowest BCUT2D eigenvalue weighted by Crippen LogP contribution is -2.29. The summed E-state index contributed by atoms with van der Waals surface area (Å²) < 4.78 is 0. The van der Waals surface area contributed by atoms with Crippen LogP contribution in [0.3, 0.4) is 0 Å². The maximum Gasteiger partial charge on any atom is 0.266 e. The topological polar surface area (TPSA) is 89.4 Å². The predicted octanol–water partition coefficient (Wildman–Crippen LogP) is 2.31. The van der Waals surface area contributed by atoms with E-state index < -0.39 is 11.8 Å². The maximum absolute atomic E-state index is 12.4. The SMILES string of the molecule is Nc1ccc(N2C(=O)c3ccc(N)cc3C2=O)c(Cl)c1. The molecular formula is C14H10ClN3O2. The third kappa shape index (κ3) is 1.71. The van der Waals surface area contributed by atoms with Gasteiger partial charge in [0, 0.05) is 11.4 Å². The Morgan fingerprint density at radius 3 is 2.15 bits per heavy atom. The minimum Gasteiger partial charge on any atom is -0.399 e. The van der Waals surface area contributed by atoms with Crippen molar-refractivity contribution in [1.29, 1.82) is 0 Å². The van der Waals surface area contributed by atoms with Crippen LogP contribution in [0.15, 0.2) is 36.4 Å². The van der Waals surface area contributed by atoms with Gasteiger partial charge in [0.2, 0.25) is 0 Å². The molecular weight excluding hydrogens is 278 g/mol. The zero-order valence-corrected chi connectivity index (χ0v) is 11.0. The Morgan fingerprint density at radius 1 is 0.850 bits per heavy atom. The minimum atomic E-state index is -0.441. The van der Waals surface area contributed by atoms with Crippen molar-refractivity contribution >= 4 is 40.5 Å². The molecule has 0 bridgehead atoms. The van der Waals surface area contributed by atoms with Crippen molar-refractivity contribution in [2.45, 2.75) is 0 Å². The Labute approximate surface area is 119 Å². The molecule has 0 spiro atoms. The smallest absolute Gasteiger partial charge is 0.266 e. The molecule has 0 saturated carbocycles. The molecule has 6 heteroatoms. The van der Waals surface area contributed by atoms with E-state index in [1.54, 1.807) is 18.2 Å². The van der Waals surface area contributed by atoms with E-state index in [2.05, 4.69) is 0 Å². The van der Waals surface area contributed by atoms with Gasteiger partial charge in [0.1, 0.15) is 0 Å². The van der Waals surface area contributed by atoms with Gasteiger partial charge < -0.3 is 11.5 Å². The number of anilines is 3. The number of carbonyl (C=O) groups excluding carboxylic acids is 2. The number of benzene rings is 2. The van der Waals surface area contributed by atoms with E-state index in [-0.39, 0.29) is 10.6 Å². The summed E-state index contributed by atoms with van der Waals surface area (Å²) >= 11 is 6.06. The molecule has 100 valence electrons. The first-order chi connectivity index (χ1) is 9.49. The lowest BCUT2D eigenvalue weighted by molar-refractivity contribution is 0.0926. The highest BCUT2D eigenvalue weighted by atomic mass is 35.5. The van der Waals surface area contributed by atoms with Crippen LogP contribution in [-0.2, 0) is 0 Å². The molecule has 2 amide bonds. The zero-order valence-electron chi connectivity index (χ0n) is 10.3. The first-order valence-electron chi connectivity index (χ1n) is 5.82. The normalized spacial score (nSPS) is 13.8. The molecule has 3 rings (SSSR count). The van der Waals surface area contributed by atoms with Crippen molar-refractivity contribution in [3.8, 4) is 0 Å². The molecule has 0 aliphatic carbocycles. The Bertz CT molecular complexity index is 758. The molecule has 1 aliphatic heterocycles. The fourth-order valence-electron chi connectivity index (χ4n) is 2.18. The van der Waals surface area contributed by atoms with Crippen LogP contribution in [0.1, 0.15) is 20.7 Å². The molecule has 0 unspecified atom stereocenters. The molecule has 0 atom stereocenters. The predicted molar refractivity (Wildman–Crippen MR) is 77.9 cm³/mol. The number of fused-ring (bicyclic) bond motifs is 1. The third-order valence-corrected chi connectivity index (χ3v) is 3.43. The highest BCUT2D eigenvalue weighted by Crippen LogP contribution is 2.34. The number of rotatable bonds is 1. The Hall–Kier alpha value is -2.53. The van der Waals surface area contributed by atoms with Gasteiger partial charge in [-0.25, -0.2) is 4.90 Å². The third-order valence-electron chi connectivity index (χ3n) is 3.12. The first kappa shape index (κ1) is 12.5. The number of halogens is 1. The van der Waals surface area contributed by atoms with Crippen molar-refractivity contribution in [2.75, 3.05) is 16.4 Å². The highest BCUT2D eigenvalue weighted by Gasteiger charge is 2.37. The number of carbonyl (C=O) groups is 2. The van der Waals surface area contributed by atoms with Crippen LogP contribution >= 0.6 is 11.6 Å². The summed E-state index contributed by atoms with van der Waals surface area (Å²) in [5.74, 6) is -0.861. The van der Waals surface area contributed by atoms with Crippen LogP contribution < -0.4 is 16.4 Å². The van der Waals surface area contributed by atoms with Gasteiger partial charge in [0.05, 0.1) is 21.8 Å². The van der Waals surface area contributed by atoms with Crippen molar-refractivity contribution < 1.29 is 9.59 Å². The monoisotopic (exact) mass is 287 g/mol. The van der Waals surface area contributed by atoms with Gasteiger partial charge in [-0.15, -0.1) is 0 Å². The maximum atomic E-state index is 12.4. The van der Waals surface area contributed by atoms with Crippen molar-refractivity contribution in [2.24, 2.45) is 0 Å². The van der Waals surface area contributed by atoms with E-state index in [1.807, 2.05) is 0 Å². The van der Waals surface area contributed by atoms with E-state index in [9.17, 15) is 9.59 Å².